The van der Waals surface area contributed by atoms with Gasteiger partial charge in [-0.05, 0) is 31.6 Å². The second-order valence-electron chi connectivity index (χ2n) is 4.77. The van der Waals surface area contributed by atoms with Gasteiger partial charge in [-0.2, -0.15) is 11.8 Å². The van der Waals surface area contributed by atoms with Gasteiger partial charge in [0.2, 0.25) is 0 Å². The number of thioether (sulfide) groups is 1. The van der Waals surface area contributed by atoms with E-state index in [1.165, 1.54) is 5.75 Å². The highest BCUT2D eigenvalue weighted by atomic mass is 32.2. The number of ether oxygens (including phenoxy) is 1. The van der Waals surface area contributed by atoms with E-state index in [2.05, 4.69) is 5.32 Å². The molecule has 2 heterocycles. The molecule has 4 heteroatoms. The highest BCUT2D eigenvalue weighted by molar-refractivity contribution is 7.99. The third kappa shape index (κ3) is 2.79. The van der Waals surface area contributed by atoms with Crippen LogP contribution in [0.15, 0.2) is 0 Å². The van der Waals surface area contributed by atoms with Crippen LogP contribution in [0, 0.1) is 5.92 Å². The SMILES string of the molecule is CCNCC(=O)C1CCOC2(CCSC2)C1. The zero-order valence-corrected chi connectivity index (χ0v) is 10.8. The minimum absolute atomic E-state index is 0.0372. The van der Waals surface area contributed by atoms with Crippen LogP contribution >= 0.6 is 11.8 Å². The van der Waals surface area contributed by atoms with Gasteiger partial charge in [0.15, 0.2) is 0 Å². The summed E-state index contributed by atoms with van der Waals surface area (Å²) in [5.74, 6) is 2.87. The summed E-state index contributed by atoms with van der Waals surface area (Å²) in [6.07, 6.45) is 2.99. The maximum atomic E-state index is 12.0. The molecule has 2 unspecified atom stereocenters. The second-order valence-corrected chi connectivity index (χ2v) is 5.88. The molecule has 0 aromatic carbocycles. The van der Waals surface area contributed by atoms with Crippen LogP contribution in [0.5, 0.6) is 0 Å². The minimum atomic E-state index is 0.0372. The maximum absolute atomic E-state index is 12.0. The average Bonchev–Trinajstić information content (AvgIpc) is 2.74. The van der Waals surface area contributed by atoms with E-state index in [0.717, 1.165) is 38.2 Å². The largest absolute Gasteiger partial charge is 0.374 e. The lowest BCUT2D eigenvalue weighted by Crippen LogP contribution is -2.43. The predicted molar refractivity (Wildman–Crippen MR) is 66.9 cm³/mol. The molecule has 2 atom stereocenters. The molecule has 1 spiro atoms. The summed E-state index contributed by atoms with van der Waals surface area (Å²) in [7, 11) is 0. The highest BCUT2D eigenvalue weighted by Crippen LogP contribution is 2.40. The lowest BCUT2D eigenvalue weighted by atomic mass is 9.83. The summed E-state index contributed by atoms with van der Waals surface area (Å²) >= 11 is 1.96. The smallest absolute Gasteiger partial charge is 0.149 e. The zero-order valence-electron chi connectivity index (χ0n) is 9.96. The third-order valence-electron chi connectivity index (χ3n) is 3.56. The van der Waals surface area contributed by atoms with Gasteiger partial charge in [0, 0.05) is 18.3 Å². The first kappa shape index (κ1) is 12.4. The van der Waals surface area contributed by atoms with Crippen molar-refractivity contribution in [2.75, 3.05) is 31.2 Å². The summed E-state index contributed by atoms with van der Waals surface area (Å²) in [5.41, 5.74) is 0.0372. The van der Waals surface area contributed by atoms with Gasteiger partial charge in [0.1, 0.15) is 5.78 Å². The molecule has 2 aliphatic heterocycles. The Bertz CT molecular complexity index is 251. The van der Waals surface area contributed by atoms with Gasteiger partial charge >= 0.3 is 0 Å². The van der Waals surface area contributed by atoms with E-state index in [1.54, 1.807) is 0 Å². The molecule has 0 bridgehead atoms. The Morgan fingerprint density at radius 2 is 2.50 bits per heavy atom. The normalized spacial score (nSPS) is 34.4. The van der Waals surface area contributed by atoms with E-state index in [9.17, 15) is 4.79 Å². The fourth-order valence-corrected chi connectivity index (χ4v) is 3.94. The van der Waals surface area contributed by atoms with E-state index in [1.807, 2.05) is 18.7 Å². The fourth-order valence-electron chi connectivity index (χ4n) is 2.56. The van der Waals surface area contributed by atoms with Crippen molar-refractivity contribution in [3.8, 4) is 0 Å². The fraction of sp³-hybridized carbons (Fsp3) is 0.917. The second kappa shape index (κ2) is 5.52. The Kier molecular flexibility index (Phi) is 4.27. The van der Waals surface area contributed by atoms with Crippen molar-refractivity contribution in [1.29, 1.82) is 0 Å². The van der Waals surface area contributed by atoms with Crippen molar-refractivity contribution in [3.05, 3.63) is 0 Å². The van der Waals surface area contributed by atoms with Gasteiger partial charge in [0.05, 0.1) is 12.1 Å². The molecular weight excluding hydrogens is 222 g/mol. The molecule has 0 amide bonds. The number of hydrogen-bond acceptors (Lipinski definition) is 4. The van der Waals surface area contributed by atoms with Crippen LogP contribution < -0.4 is 5.32 Å². The predicted octanol–water partition coefficient (Wildman–Crippen LogP) is 1.47. The number of Topliss-reactive ketones (excluding diaryl/α,β-unsaturated/α-hetero) is 1. The lowest BCUT2D eigenvalue weighted by Gasteiger charge is -2.37. The van der Waals surface area contributed by atoms with Crippen molar-refractivity contribution in [2.24, 2.45) is 5.92 Å². The molecule has 0 radical (unpaired) electrons. The monoisotopic (exact) mass is 243 g/mol. The van der Waals surface area contributed by atoms with Gasteiger partial charge in [-0.25, -0.2) is 0 Å². The zero-order chi connectivity index (χ0) is 11.4. The summed E-state index contributed by atoms with van der Waals surface area (Å²) < 4.78 is 5.92. The van der Waals surface area contributed by atoms with Crippen LogP contribution in [0.3, 0.4) is 0 Å². The molecule has 2 aliphatic rings. The Labute approximate surface area is 102 Å². The van der Waals surface area contributed by atoms with Crippen LogP contribution in [0.4, 0.5) is 0 Å². The van der Waals surface area contributed by atoms with Crippen LogP contribution in [-0.4, -0.2) is 42.6 Å². The number of hydrogen-bond donors (Lipinski definition) is 1. The molecule has 2 rings (SSSR count). The summed E-state index contributed by atoms with van der Waals surface area (Å²) in [5, 5.41) is 3.13. The molecular formula is C12H21NO2S. The van der Waals surface area contributed by atoms with Crippen molar-refractivity contribution in [2.45, 2.75) is 31.8 Å². The Balaban J connectivity index is 1.88. The van der Waals surface area contributed by atoms with Crippen LogP contribution in [0.25, 0.3) is 0 Å². The van der Waals surface area contributed by atoms with E-state index >= 15 is 0 Å². The van der Waals surface area contributed by atoms with Gasteiger partial charge in [-0.15, -0.1) is 0 Å². The summed E-state index contributed by atoms with van der Waals surface area (Å²) in [6.45, 7) is 4.20. The van der Waals surface area contributed by atoms with Gasteiger partial charge in [0.25, 0.3) is 0 Å². The van der Waals surface area contributed by atoms with E-state index in [0.29, 0.717) is 12.3 Å². The minimum Gasteiger partial charge on any atom is -0.374 e. The van der Waals surface area contributed by atoms with Crippen molar-refractivity contribution < 1.29 is 9.53 Å². The summed E-state index contributed by atoms with van der Waals surface area (Å²) in [4.78, 5) is 12.0. The molecule has 0 aliphatic carbocycles. The third-order valence-corrected chi connectivity index (χ3v) is 4.79. The first-order chi connectivity index (χ1) is 7.76. The summed E-state index contributed by atoms with van der Waals surface area (Å²) in [6, 6.07) is 0. The van der Waals surface area contributed by atoms with Gasteiger partial charge in [-0.3, -0.25) is 4.79 Å². The molecule has 3 nitrogen and oxygen atoms in total. The number of nitrogens with one attached hydrogen (secondary N) is 1. The number of ketones is 1. The topological polar surface area (TPSA) is 38.3 Å². The van der Waals surface area contributed by atoms with Crippen LogP contribution in [-0.2, 0) is 9.53 Å². The number of carbonyl (C=O) groups excluding carboxylic acids is 1. The van der Waals surface area contributed by atoms with Crippen molar-refractivity contribution in [1.82, 2.24) is 5.32 Å². The molecule has 0 saturated carbocycles. The van der Waals surface area contributed by atoms with Crippen molar-refractivity contribution >= 4 is 17.5 Å². The lowest BCUT2D eigenvalue weighted by molar-refractivity contribution is -0.133. The highest BCUT2D eigenvalue weighted by Gasteiger charge is 2.42. The molecule has 2 saturated heterocycles. The molecule has 0 aromatic heterocycles. The standard InChI is InChI=1S/C12H21NO2S/c1-2-13-8-11(14)10-3-5-15-12(7-10)4-6-16-9-12/h10,13H,2-9H2,1H3. The quantitative estimate of drug-likeness (QED) is 0.811. The number of rotatable bonds is 4. The Hall–Kier alpha value is -0.0600. The van der Waals surface area contributed by atoms with Gasteiger partial charge < -0.3 is 10.1 Å². The molecule has 0 aromatic rings. The Morgan fingerprint density at radius 3 is 3.19 bits per heavy atom. The van der Waals surface area contributed by atoms with E-state index in [-0.39, 0.29) is 11.5 Å². The number of carbonyl (C=O) groups is 1. The number of likely N-dealkylation sites (N-methyl/N-ethyl adjacent to an activating group) is 1. The van der Waals surface area contributed by atoms with Crippen LogP contribution in [0.2, 0.25) is 0 Å². The maximum Gasteiger partial charge on any atom is 0.149 e. The first-order valence-electron chi connectivity index (χ1n) is 6.21. The van der Waals surface area contributed by atoms with E-state index < -0.39 is 0 Å². The molecule has 1 N–H and O–H groups in total. The van der Waals surface area contributed by atoms with Crippen molar-refractivity contribution in [3.63, 3.8) is 0 Å². The van der Waals surface area contributed by atoms with E-state index in [4.69, 9.17) is 4.74 Å². The van der Waals surface area contributed by atoms with Gasteiger partial charge in [-0.1, -0.05) is 6.92 Å². The average molecular weight is 243 g/mol. The van der Waals surface area contributed by atoms with Crippen LogP contribution in [0.1, 0.15) is 26.2 Å². The molecule has 92 valence electrons. The Morgan fingerprint density at radius 1 is 1.62 bits per heavy atom. The first-order valence-corrected chi connectivity index (χ1v) is 7.36. The molecule has 16 heavy (non-hydrogen) atoms. The molecule has 2 fully saturated rings.